The highest BCUT2D eigenvalue weighted by atomic mass is 79.9. The minimum absolute atomic E-state index is 0.0668. The Kier molecular flexibility index (Phi) is 4.28. The van der Waals surface area contributed by atoms with Gasteiger partial charge in [0.1, 0.15) is 5.69 Å². The van der Waals surface area contributed by atoms with Gasteiger partial charge in [0.25, 0.3) is 5.91 Å². The van der Waals surface area contributed by atoms with Gasteiger partial charge in [0.2, 0.25) is 0 Å². The molecule has 84 valence electrons. The molecule has 2 N–H and O–H groups in total. The van der Waals surface area contributed by atoms with Gasteiger partial charge in [0.15, 0.2) is 0 Å². The summed E-state index contributed by atoms with van der Waals surface area (Å²) in [6.45, 7) is 4.86. The zero-order valence-corrected chi connectivity index (χ0v) is 11.5. The Morgan fingerprint density at radius 1 is 1.67 bits per heavy atom. The van der Waals surface area contributed by atoms with Crippen molar-refractivity contribution < 1.29 is 4.79 Å². The highest BCUT2D eigenvalue weighted by molar-refractivity contribution is 9.10. The largest absolute Gasteiger partial charge is 0.356 e. The van der Waals surface area contributed by atoms with Gasteiger partial charge in [0.05, 0.1) is 0 Å². The maximum Gasteiger partial charge on any atom is 0.267 e. The van der Waals surface area contributed by atoms with E-state index in [1.54, 1.807) is 24.0 Å². The number of carbonyl (C=O) groups is 1. The number of nitrogens with one attached hydrogen (secondary N) is 2. The zero-order valence-electron chi connectivity index (χ0n) is 9.06. The summed E-state index contributed by atoms with van der Waals surface area (Å²) in [5, 5.41) is 2.89. The van der Waals surface area contributed by atoms with Gasteiger partial charge in [-0.25, -0.2) is 0 Å². The quantitative estimate of drug-likeness (QED) is 0.895. The van der Waals surface area contributed by atoms with E-state index in [9.17, 15) is 4.79 Å². The number of aromatic amines is 1. The minimum Gasteiger partial charge on any atom is -0.356 e. The Morgan fingerprint density at radius 2 is 2.33 bits per heavy atom. The second kappa shape index (κ2) is 5.07. The normalized spacial score (nSPS) is 11.5. The topological polar surface area (TPSA) is 44.9 Å². The summed E-state index contributed by atoms with van der Waals surface area (Å²) >= 11 is 5.02. The predicted molar refractivity (Wildman–Crippen MR) is 68.4 cm³/mol. The highest BCUT2D eigenvalue weighted by Crippen LogP contribution is 2.19. The lowest BCUT2D eigenvalue weighted by Crippen LogP contribution is -2.36. The predicted octanol–water partition coefficient (Wildman–Crippen LogP) is 2.65. The molecule has 0 aliphatic heterocycles. The third-order valence-corrected chi connectivity index (χ3v) is 3.83. The van der Waals surface area contributed by atoms with E-state index in [1.165, 1.54) is 0 Å². The summed E-state index contributed by atoms with van der Waals surface area (Å²) in [6.07, 6.45) is 3.78. The Bertz CT molecular complexity index is 349. The number of amides is 1. The maximum absolute atomic E-state index is 11.6. The van der Waals surface area contributed by atoms with E-state index in [0.29, 0.717) is 12.2 Å². The first kappa shape index (κ1) is 12.6. The lowest BCUT2D eigenvalue weighted by Gasteiger charge is -2.21. The first-order valence-corrected chi connectivity index (χ1v) is 6.64. The van der Waals surface area contributed by atoms with Crippen molar-refractivity contribution in [2.45, 2.75) is 18.6 Å². The molecule has 0 aliphatic carbocycles. The van der Waals surface area contributed by atoms with Crippen LogP contribution in [0.5, 0.6) is 0 Å². The molecule has 5 heteroatoms. The second-order valence-electron chi connectivity index (χ2n) is 3.88. The monoisotopic (exact) mass is 290 g/mol. The zero-order chi connectivity index (χ0) is 11.5. The molecule has 1 aromatic heterocycles. The molecular formula is C10H15BrN2OS. The van der Waals surface area contributed by atoms with Crippen LogP contribution in [0.25, 0.3) is 0 Å². The molecule has 3 nitrogen and oxygen atoms in total. The standard InChI is InChI=1S/C10H15BrN2OS/c1-10(2,15-3)6-13-9(14)8-4-7(11)5-12-8/h4-5,12H,6H2,1-3H3,(H,13,14). The molecule has 0 radical (unpaired) electrons. The van der Waals surface area contributed by atoms with E-state index < -0.39 is 0 Å². The second-order valence-corrected chi connectivity index (χ2v) is 6.31. The fourth-order valence-electron chi connectivity index (χ4n) is 0.960. The van der Waals surface area contributed by atoms with Crippen LogP contribution in [0.3, 0.4) is 0 Å². The van der Waals surface area contributed by atoms with Crippen molar-refractivity contribution in [3.63, 3.8) is 0 Å². The summed E-state index contributed by atoms with van der Waals surface area (Å²) in [7, 11) is 0. The number of H-pyrrole nitrogens is 1. The van der Waals surface area contributed by atoms with Crippen LogP contribution >= 0.6 is 27.7 Å². The molecule has 0 aliphatic rings. The third-order valence-electron chi connectivity index (χ3n) is 2.12. The Balaban J connectivity index is 2.50. The van der Waals surface area contributed by atoms with Gasteiger partial charge in [-0.3, -0.25) is 4.79 Å². The fourth-order valence-corrected chi connectivity index (χ4v) is 1.52. The first-order chi connectivity index (χ1) is 6.94. The van der Waals surface area contributed by atoms with Gasteiger partial charge in [0, 0.05) is 22.0 Å². The molecule has 0 atom stereocenters. The van der Waals surface area contributed by atoms with Crippen LogP contribution in [0.1, 0.15) is 24.3 Å². The van der Waals surface area contributed by atoms with Crippen LogP contribution in [-0.2, 0) is 0 Å². The van der Waals surface area contributed by atoms with Crippen molar-refractivity contribution in [2.24, 2.45) is 0 Å². The molecule has 15 heavy (non-hydrogen) atoms. The number of aromatic nitrogens is 1. The Labute approximate surface area is 103 Å². The SMILES string of the molecule is CSC(C)(C)CNC(=O)c1cc(Br)c[nH]1. The molecule has 0 saturated heterocycles. The number of hydrogen-bond acceptors (Lipinski definition) is 2. The van der Waals surface area contributed by atoms with E-state index in [-0.39, 0.29) is 10.7 Å². The summed E-state index contributed by atoms with van der Waals surface area (Å²) in [6, 6.07) is 1.77. The van der Waals surface area contributed by atoms with Crippen molar-refractivity contribution in [3.05, 3.63) is 22.4 Å². The molecule has 0 fully saturated rings. The Hall–Kier alpha value is -0.420. The molecule has 0 bridgehead atoms. The Morgan fingerprint density at radius 3 is 2.80 bits per heavy atom. The highest BCUT2D eigenvalue weighted by Gasteiger charge is 2.17. The molecule has 1 aromatic rings. The average molecular weight is 291 g/mol. The van der Waals surface area contributed by atoms with E-state index in [1.807, 2.05) is 6.26 Å². The van der Waals surface area contributed by atoms with Crippen LogP contribution < -0.4 is 5.32 Å². The van der Waals surface area contributed by atoms with Crippen molar-refractivity contribution in [1.82, 2.24) is 10.3 Å². The third kappa shape index (κ3) is 3.91. The molecule has 1 amide bonds. The maximum atomic E-state index is 11.6. The number of halogens is 1. The fraction of sp³-hybridized carbons (Fsp3) is 0.500. The van der Waals surface area contributed by atoms with Crippen molar-refractivity contribution >= 4 is 33.6 Å². The molecule has 1 heterocycles. The van der Waals surface area contributed by atoms with Crippen LogP contribution in [0, 0.1) is 0 Å². The minimum atomic E-state index is -0.0668. The number of rotatable bonds is 4. The van der Waals surface area contributed by atoms with Gasteiger partial charge in [-0.2, -0.15) is 11.8 Å². The van der Waals surface area contributed by atoms with Crippen molar-refractivity contribution in [3.8, 4) is 0 Å². The van der Waals surface area contributed by atoms with E-state index >= 15 is 0 Å². The molecule has 0 unspecified atom stereocenters. The lowest BCUT2D eigenvalue weighted by molar-refractivity contribution is 0.0946. The average Bonchev–Trinajstić information content (AvgIpc) is 2.61. The van der Waals surface area contributed by atoms with Crippen LogP contribution in [0.4, 0.5) is 0 Å². The van der Waals surface area contributed by atoms with Gasteiger partial charge in [-0.15, -0.1) is 0 Å². The summed E-state index contributed by atoms with van der Waals surface area (Å²) in [5.41, 5.74) is 0.582. The van der Waals surface area contributed by atoms with Gasteiger partial charge in [-0.1, -0.05) is 0 Å². The van der Waals surface area contributed by atoms with Crippen molar-refractivity contribution in [2.75, 3.05) is 12.8 Å². The summed E-state index contributed by atoms with van der Waals surface area (Å²) < 4.78 is 0.955. The van der Waals surface area contributed by atoms with Gasteiger partial charge < -0.3 is 10.3 Å². The van der Waals surface area contributed by atoms with Crippen LogP contribution in [0.15, 0.2) is 16.7 Å². The molecule has 0 aromatic carbocycles. The number of hydrogen-bond donors (Lipinski definition) is 2. The van der Waals surface area contributed by atoms with Crippen LogP contribution in [0.2, 0.25) is 0 Å². The van der Waals surface area contributed by atoms with Gasteiger partial charge in [-0.05, 0) is 42.1 Å². The van der Waals surface area contributed by atoms with E-state index in [2.05, 4.69) is 40.1 Å². The summed E-state index contributed by atoms with van der Waals surface area (Å²) in [4.78, 5) is 14.5. The van der Waals surface area contributed by atoms with E-state index in [4.69, 9.17) is 0 Å². The van der Waals surface area contributed by atoms with Crippen molar-refractivity contribution in [1.29, 1.82) is 0 Å². The molecule has 1 rings (SSSR count). The molecule has 0 saturated carbocycles. The van der Waals surface area contributed by atoms with Gasteiger partial charge >= 0.3 is 0 Å². The summed E-state index contributed by atoms with van der Waals surface area (Å²) in [5.74, 6) is -0.0668. The van der Waals surface area contributed by atoms with E-state index in [0.717, 1.165) is 4.47 Å². The molecular weight excluding hydrogens is 276 g/mol. The number of thioether (sulfide) groups is 1. The van der Waals surface area contributed by atoms with Crippen LogP contribution in [-0.4, -0.2) is 28.4 Å². The lowest BCUT2D eigenvalue weighted by atomic mass is 10.2. The smallest absolute Gasteiger partial charge is 0.267 e. The number of carbonyl (C=O) groups excluding carboxylic acids is 1. The first-order valence-electron chi connectivity index (χ1n) is 4.62. The molecule has 0 spiro atoms.